The van der Waals surface area contributed by atoms with Crippen LogP contribution in [0.25, 0.3) is 20.8 Å². The third-order valence-electron chi connectivity index (χ3n) is 4.21. The van der Waals surface area contributed by atoms with E-state index in [0.29, 0.717) is 6.42 Å². The number of benzene rings is 3. The Hall–Kier alpha value is -2.98. The fourth-order valence-corrected chi connectivity index (χ4v) is 3.89. The number of rotatable bonds is 5. The zero-order valence-electron chi connectivity index (χ0n) is 14.2. The van der Waals surface area contributed by atoms with Crippen molar-refractivity contribution >= 4 is 33.1 Å². The second-order valence-electron chi connectivity index (χ2n) is 6.07. The Kier molecular flexibility index (Phi) is 4.75. The summed E-state index contributed by atoms with van der Waals surface area (Å²) in [5, 5.41) is 3.97. The van der Waals surface area contributed by atoms with Gasteiger partial charge < -0.3 is 5.32 Å². The lowest BCUT2D eigenvalue weighted by Crippen LogP contribution is -2.13. The van der Waals surface area contributed by atoms with Gasteiger partial charge in [-0.25, -0.2) is 4.98 Å². The second kappa shape index (κ2) is 7.50. The van der Waals surface area contributed by atoms with Gasteiger partial charge in [0.05, 0.1) is 15.9 Å². The largest absolute Gasteiger partial charge is 0.325 e. The van der Waals surface area contributed by atoms with Gasteiger partial charge in [0, 0.05) is 12.0 Å². The third-order valence-corrected chi connectivity index (χ3v) is 5.28. The van der Waals surface area contributed by atoms with E-state index in [-0.39, 0.29) is 5.91 Å². The number of para-hydroxylation sites is 2. The van der Waals surface area contributed by atoms with Crippen molar-refractivity contribution in [3.63, 3.8) is 0 Å². The summed E-state index contributed by atoms with van der Waals surface area (Å²) >= 11 is 1.64. The first kappa shape index (κ1) is 16.5. The molecule has 1 heterocycles. The molecule has 0 saturated heterocycles. The fraction of sp³-hybridized carbons (Fsp3) is 0.0909. The number of anilines is 1. The Morgan fingerprint density at radius 1 is 0.885 bits per heavy atom. The monoisotopic (exact) mass is 358 g/mol. The molecule has 0 saturated carbocycles. The number of hydrogen-bond donors (Lipinski definition) is 1. The minimum absolute atomic E-state index is 0.0161. The summed E-state index contributed by atoms with van der Waals surface area (Å²) in [5.74, 6) is 0.0161. The highest BCUT2D eigenvalue weighted by atomic mass is 32.1. The highest BCUT2D eigenvalue weighted by Crippen LogP contribution is 2.34. The average Bonchev–Trinajstić information content (AvgIpc) is 3.12. The average molecular weight is 358 g/mol. The third kappa shape index (κ3) is 3.65. The van der Waals surface area contributed by atoms with Gasteiger partial charge in [-0.15, -0.1) is 11.3 Å². The number of nitrogens with zero attached hydrogens (tertiary/aromatic N) is 1. The van der Waals surface area contributed by atoms with Crippen molar-refractivity contribution in [3.8, 4) is 10.6 Å². The Labute approximate surface area is 156 Å². The van der Waals surface area contributed by atoms with Gasteiger partial charge in [-0.2, -0.15) is 0 Å². The molecular formula is C22H18N2OS. The molecule has 0 fully saturated rings. The van der Waals surface area contributed by atoms with Crippen molar-refractivity contribution in [1.29, 1.82) is 0 Å². The van der Waals surface area contributed by atoms with Crippen molar-refractivity contribution < 1.29 is 4.79 Å². The van der Waals surface area contributed by atoms with E-state index in [0.717, 1.165) is 32.9 Å². The van der Waals surface area contributed by atoms with Gasteiger partial charge in [-0.1, -0.05) is 54.6 Å². The van der Waals surface area contributed by atoms with Crippen molar-refractivity contribution in [2.24, 2.45) is 0 Å². The summed E-state index contributed by atoms with van der Waals surface area (Å²) in [6, 6.07) is 26.0. The molecule has 4 aromatic rings. The molecule has 4 rings (SSSR count). The van der Waals surface area contributed by atoms with E-state index >= 15 is 0 Å². The Balaban J connectivity index is 1.53. The molecule has 1 N–H and O–H groups in total. The number of hydrogen-bond acceptors (Lipinski definition) is 3. The molecule has 0 aliphatic heterocycles. The number of carbonyl (C=O) groups is 1. The molecule has 0 bridgehead atoms. The van der Waals surface area contributed by atoms with Crippen LogP contribution in [0.5, 0.6) is 0 Å². The second-order valence-corrected chi connectivity index (χ2v) is 7.10. The Morgan fingerprint density at radius 3 is 2.46 bits per heavy atom. The van der Waals surface area contributed by atoms with Gasteiger partial charge in [-0.05, 0) is 36.2 Å². The standard InChI is InChI=1S/C22H18N2OS/c25-21(15-14-16-8-2-1-3-9-16)23-18-11-5-4-10-17(18)22-24-19-12-6-7-13-20(19)26-22/h1-13H,14-15H2,(H,23,25). The molecule has 3 aromatic carbocycles. The maximum atomic E-state index is 12.4. The Bertz CT molecular complexity index is 1010. The summed E-state index contributed by atoms with van der Waals surface area (Å²) < 4.78 is 1.15. The van der Waals surface area contributed by atoms with Crippen LogP contribution in [0.2, 0.25) is 0 Å². The van der Waals surface area contributed by atoms with E-state index < -0.39 is 0 Å². The van der Waals surface area contributed by atoms with Gasteiger partial charge >= 0.3 is 0 Å². The van der Waals surface area contributed by atoms with Crippen LogP contribution in [0.1, 0.15) is 12.0 Å². The number of aromatic nitrogens is 1. The van der Waals surface area contributed by atoms with Crippen molar-refractivity contribution in [2.75, 3.05) is 5.32 Å². The lowest BCUT2D eigenvalue weighted by molar-refractivity contribution is -0.116. The minimum atomic E-state index is 0.0161. The van der Waals surface area contributed by atoms with Gasteiger partial charge in [0.25, 0.3) is 0 Å². The van der Waals surface area contributed by atoms with E-state index in [1.54, 1.807) is 11.3 Å². The summed E-state index contributed by atoms with van der Waals surface area (Å²) in [4.78, 5) is 17.1. The van der Waals surface area contributed by atoms with Crippen LogP contribution >= 0.6 is 11.3 Å². The SMILES string of the molecule is O=C(CCc1ccccc1)Nc1ccccc1-c1nc2ccccc2s1. The van der Waals surface area contributed by atoms with Crippen LogP contribution in [-0.4, -0.2) is 10.9 Å². The quantitative estimate of drug-likeness (QED) is 0.509. The number of amides is 1. The first-order valence-corrected chi connectivity index (χ1v) is 9.40. The predicted octanol–water partition coefficient (Wildman–Crippen LogP) is 5.53. The molecule has 0 aliphatic rings. The van der Waals surface area contributed by atoms with E-state index in [9.17, 15) is 4.79 Å². The molecule has 4 heteroatoms. The molecule has 0 aliphatic carbocycles. The minimum Gasteiger partial charge on any atom is -0.325 e. The first-order chi connectivity index (χ1) is 12.8. The van der Waals surface area contributed by atoms with E-state index in [1.165, 1.54) is 5.56 Å². The number of carbonyl (C=O) groups excluding carboxylic acids is 1. The fourth-order valence-electron chi connectivity index (χ4n) is 2.88. The maximum absolute atomic E-state index is 12.4. The van der Waals surface area contributed by atoms with Crippen molar-refractivity contribution in [1.82, 2.24) is 4.98 Å². The van der Waals surface area contributed by atoms with Gasteiger partial charge in [0.2, 0.25) is 5.91 Å². The zero-order valence-corrected chi connectivity index (χ0v) is 15.0. The molecule has 1 aromatic heterocycles. The molecule has 26 heavy (non-hydrogen) atoms. The summed E-state index contributed by atoms with van der Waals surface area (Å²) in [6.07, 6.45) is 1.19. The van der Waals surface area contributed by atoms with Crippen molar-refractivity contribution in [3.05, 3.63) is 84.4 Å². The molecule has 0 atom stereocenters. The first-order valence-electron chi connectivity index (χ1n) is 8.58. The summed E-state index contributed by atoms with van der Waals surface area (Å²) in [5.41, 5.74) is 3.92. The lowest BCUT2D eigenvalue weighted by Gasteiger charge is -2.09. The number of fused-ring (bicyclic) bond motifs is 1. The van der Waals surface area contributed by atoms with Crippen LogP contribution in [0, 0.1) is 0 Å². The molecule has 3 nitrogen and oxygen atoms in total. The molecular weight excluding hydrogens is 340 g/mol. The molecule has 128 valence electrons. The maximum Gasteiger partial charge on any atom is 0.224 e. The summed E-state index contributed by atoms with van der Waals surface area (Å²) in [6.45, 7) is 0. The lowest BCUT2D eigenvalue weighted by atomic mass is 10.1. The molecule has 0 spiro atoms. The normalized spacial score (nSPS) is 10.8. The van der Waals surface area contributed by atoms with Crippen LogP contribution < -0.4 is 5.32 Å². The van der Waals surface area contributed by atoms with Crippen LogP contribution in [0.4, 0.5) is 5.69 Å². The highest BCUT2D eigenvalue weighted by Gasteiger charge is 2.12. The zero-order chi connectivity index (χ0) is 17.8. The Morgan fingerprint density at radius 2 is 1.62 bits per heavy atom. The van der Waals surface area contributed by atoms with Crippen LogP contribution in [0.15, 0.2) is 78.9 Å². The number of aryl methyl sites for hydroxylation is 1. The van der Waals surface area contributed by atoms with Crippen molar-refractivity contribution in [2.45, 2.75) is 12.8 Å². The summed E-state index contributed by atoms with van der Waals surface area (Å²) in [7, 11) is 0. The van der Waals surface area contributed by atoms with E-state index in [4.69, 9.17) is 4.98 Å². The highest BCUT2D eigenvalue weighted by molar-refractivity contribution is 7.21. The number of thiazole rings is 1. The number of nitrogens with one attached hydrogen (secondary N) is 1. The topological polar surface area (TPSA) is 42.0 Å². The van der Waals surface area contributed by atoms with Gasteiger partial charge in [0.15, 0.2) is 0 Å². The molecule has 0 radical (unpaired) electrons. The smallest absolute Gasteiger partial charge is 0.224 e. The van der Waals surface area contributed by atoms with E-state index in [2.05, 4.69) is 11.4 Å². The molecule has 0 unspecified atom stereocenters. The van der Waals surface area contributed by atoms with Crippen LogP contribution in [0.3, 0.4) is 0 Å². The predicted molar refractivity (Wildman–Crippen MR) is 108 cm³/mol. The van der Waals surface area contributed by atoms with Gasteiger partial charge in [-0.3, -0.25) is 4.79 Å². The van der Waals surface area contributed by atoms with Crippen LogP contribution in [-0.2, 0) is 11.2 Å². The van der Waals surface area contributed by atoms with E-state index in [1.807, 2.05) is 72.8 Å². The van der Waals surface area contributed by atoms with Gasteiger partial charge in [0.1, 0.15) is 5.01 Å². The molecule has 1 amide bonds.